The van der Waals surface area contributed by atoms with E-state index in [1.807, 2.05) is 0 Å². The van der Waals surface area contributed by atoms with Crippen molar-refractivity contribution < 1.29 is 5.11 Å². The second-order valence-electron chi connectivity index (χ2n) is 6.09. The lowest BCUT2D eigenvalue weighted by atomic mass is 9.81. The van der Waals surface area contributed by atoms with Gasteiger partial charge in [-0.05, 0) is 45.6 Å². The Morgan fingerprint density at radius 2 is 2.00 bits per heavy atom. The van der Waals surface area contributed by atoms with Crippen LogP contribution in [0.25, 0.3) is 0 Å². The van der Waals surface area contributed by atoms with Gasteiger partial charge in [0.15, 0.2) is 0 Å². The van der Waals surface area contributed by atoms with Gasteiger partial charge in [-0.2, -0.15) is 0 Å². The highest BCUT2D eigenvalue weighted by molar-refractivity contribution is 5.18. The average molecular weight is 247 g/mol. The summed E-state index contributed by atoms with van der Waals surface area (Å²) in [5, 5.41) is 10.00. The van der Waals surface area contributed by atoms with Crippen molar-refractivity contribution in [2.45, 2.75) is 57.7 Å². The molecule has 1 heterocycles. The quantitative estimate of drug-likeness (QED) is 0.888. The zero-order chi connectivity index (χ0) is 13.2. The Hall–Kier alpha value is -0.860. The number of rotatable bonds is 3. The molecule has 2 heteroatoms. The Morgan fingerprint density at radius 1 is 1.33 bits per heavy atom. The minimum Gasteiger partial charge on any atom is -0.393 e. The van der Waals surface area contributed by atoms with Crippen LogP contribution in [0.3, 0.4) is 0 Å². The van der Waals surface area contributed by atoms with Crippen LogP contribution in [0, 0.1) is 0 Å². The molecule has 0 aliphatic carbocycles. The van der Waals surface area contributed by atoms with Crippen molar-refractivity contribution in [3.8, 4) is 0 Å². The number of benzene rings is 1. The van der Waals surface area contributed by atoms with Crippen LogP contribution in [0.1, 0.15) is 39.2 Å². The van der Waals surface area contributed by atoms with E-state index >= 15 is 0 Å². The summed E-state index contributed by atoms with van der Waals surface area (Å²) in [6.45, 7) is 7.80. The predicted molar refractivity (Wildman–Crippen MR) is 75.6 cm³/mol. The van der Waals surface area contributed by atoms with Crippen LogP contribution < -0.4 is 0 Å². The molecule has 1 aliphatic rings. The van der Waals surface area contributed by atoms with Crippen LogP contribution in [0.15, 0.2) is 30.3 Å². The van der Waals surface area contributed by atoms with Crippen molar-refractivity contribution in [3.05, 3.63) is 35.9 Å². The van der Waals surface area contributed by atoms with Crippen molar-refractivity contribution in [2.24, 2.45) is 0 Å². The van der Waals surface area contributed by atoms with E-state index in [0.29, 0.717) is 6.04 Å². The number of nitrogens with zero attached hydrogens (tertiary/aromatic N) is 1. The molecule has 2 unspecified atom stereocenters. The Labute approximate surface area is 111 Å². The fraction of sp³-hybridized carbons (Fsp3) is 0.625. The van der Waals surface area contributed by atoms with Gasteiger partial charge in [-0.25, -0.2) is 0 Å². The van der Waals surface area contributed by atoms with E-state index in [1.54, 1.807) is 0 Å². The van der Waals surface area contributed by atoms with E-state index in [4.69, 9.17) is 0 Å². The van der Waals surface area contributed by atoms with Crippen LogP contribution in [0.4, 0.5) is 0 Å². The third-order valence-corrected chi connectivity index (χ3v) is 4.12. The van der Waals surface area contributed by atoms with E-state index in [9.17, 15) is 5.11 Å². The van der Waals surface area contributed by atoms with E-state index in [0.717, 1.165) is 25.8 Å². The Bertz CT molecular complexity index is 376. The van der Waals surface area contributed by atoms with Crippen LogP contribution in [0.2, 0.25) is 0 Å². The first-order valence-corrected chi connectivity index (χ1v) is 7.00. The van der Waals surface area contributed by atoms with Crippen LogP contribution in [0.5, 0.6) is 0 Å². The summed E-state index contributed by atoms with van der Waals surface area (Å²) in [6, 6.07) is 11.2. The first-order chi connectivity index (χ1) is 8.51. The molecule has 1 fully saturated rings. The Balaban J connectivity index is 2.19. The third kappa shape index (κ3) is 2.93. The van der Waals surface area contributed by atoms with Gasteiger partial charge in [0.25, 0.3) is 0 Å². The van der Waals surface area contributed by atoms with Gasteiger partial charge in [-0.15, -0.1) is 0 Å². The highest BCUT2D eigenvalue weighted by Gasteiger charge is 2.39. The average Bonchev–Trinajstić information content (AvgIpc) is 2.28. The van der Waals surface area contributed by atoms with Gasteiger partial charge in [0.1, 0.15) is 0 Å². The molecule has 0 spiro atoms. The minimum atomic E-state index is -0.145. The Morgan fingerprint density at radius 3 is 2.61 bits per heavy atom. The smallest absolute Gasteiger partial charge is 0.0570 e. The number of piperidine rings is 1. The summed E-state index contributed by atoms with van der Waals surface area (Å²) in [5.41, 5.74) is 1.44. The van der Waals surface area contributed by atoms with Gasteiger partial charge in [0.05, 0.1) is 6.10 Å². The van der Waals surface area contributed by atoms with E-state index < -0.39 is 0 Å². The number of aliphatic hydroxyl groups excluding tert-OH is 1. The molecule has 2 nitrogen and oxygen atoms in total. The lowest BCUT2D eigenvalue weighted by Gasteiger charge is -2.49. The van der Waals surface area contributed by atoms with Crippen LogP contribution >= 0.6 is 0 Å². The molecule has 2 rings (SSSR count). The largest absolute Gasteiger partial charge is 0.393 e. The number of hydrogen-bond acceptors (Lipinski definition) is 2. The molecule has 1 saturated heterocycles. The van der Waals surface area contributed by atoms with E-state index in [2.05, 4.69) is 56.0 Å². The molecular formula is C16H25NO. The van der Waals surface area contributed by atoms with Crippen molar-refractivity contribution in [1.82, 2.24) is 4.90 Å². The summed E-state index contributed by atoms with van der Waals surface area (Å²) in [6.07, 6.45) is 2.65. The second-order valence-corrected chi connectivity index (χ2v) is 6.09. The first-order valence-electron chi connectivity index (χ1n) is 7.00. The molecule has 1 aromatic carbocycles. The molecular weight excluding hydrogens is 222 g/mol. The molecule has 0 amide bonds. The van der Waals surface area contributed by atoms with Gasteiger partial charge in [-0.1, -0.05) is 30.3 Å². The molecule has 0 bridgehead atoms. The Kier molecular flexibility index (Phi) is 4.08. The summed E-state index contributed by atoms with van der Waals surface area (Å²) < 4.78 is 0. The highest BCUT2D eigenvalue weighted by atomic mass is 16.3. The van der Waals surface area contributed by atoms with Gasteiger partial charge in [0, 0.05) is 18.1 Å². The van der Waals surface area contributed by atoms with Crippen molar-refractivity contribution >= 4 is 0 Å². The normalized spacial score (nSPS) is 29.7. The zero-order valence-corrected chi connectivity index (χ0v) is 11.8. The highest BCUT2D eigenvalue weighted by Crippen LogP contribution is 2.33. The maximum Gasteiger partial charge on any atom is 0.0570 e. The standard InChI is InChI=1S/C16H25NO/c1-13(2)17-10-9-15(18)12-16(17,3)11-14-7-5-4-6-8-14/h4-8,13,15,18H,9-12H2,1-3H3. The molecule has 0 aromatic heterocycles. The number of likely N-dealkylation sites (tertiary alicyclic amines) is 1. The summed E-state index contributed by atoms with van der Waals surface area (Å²) in [5.74, 6) is 0. The lowest BCUT2D eigenvalue weighted by Crippen LogP contribution is -2.57. The maximum atomic E-state index is 10.00. The number of hydrogen-bond donors (Lipinski definition) is 1. The fourth-order valence-electron chi connectivity index (χ4n) is 3.38. The fourth-order valence-corrected chi connectivity index (χ4v) is 3.38. The van der Waals surface area contributed by atoms with Crippen molar-refractivity contribution in [3.63, 3.8) is 0 Å². The van der Waals surface area contributed by atoms with Crippen LogP contribution in [-0.2, 0) is 6.42 Å². The molecule has 1 N–H and O–H groups in total. The summed E-state index contributed by atoms with van der Waals surface area (Å²) in [7, 11) is 0. The topological polar surface area (TPSA) is 23.5 Å². The van der Waals surface area contributed by atoms with Gasteiger partial charge >= 0.3 is 0 Å². The molecule has 2 atom stereocenters. The molecule has 0 saturated carbocycles. The molecule has 0 radical (unpaired) electrons. The molecule has 1 aliphatic heterocycles. The molecule has 18 heavy (non-hydrogen) atoms. The van der Waals surface area contributed by atoms with Crippen molar-refractivity contribution in [2.75, 3.05) is 6.54 Å². The van der Waals surface area contributed by atoms with Gasteiger partial charge in [0.2, 0.25) is 0 Å². The van der Waals surface area contributed by atoms with E-state index in [1.165, 1.54) is 5.56 Å². The minimum absolute atomic E-state index is 0.0766. The monoisotopic (exact) mass is 247 g/mol. The third-order valence-electron chi connectivity index (χ3n) is 4.12. The maximum absolute atomic E-state index is 10.00. The lowest BCUT2D eigenvalue weighted by molar-refractivity contribution is -0.0291. The van der Waals surface area contributed by atoms with Gasteiger partial charge < -0.3 is 5.11 Å². The molecule has 1 aromatic rings. The van der Waals surface area contributed by atoms with Gasteiger partial charge in [-0.3, -0.25) is 4.90 Å². The van der Waals surface area contributed by atoms with Crippen LogP contribution in [-0.4, -0.2) is 34.2 Å². The zero-order valence-electron chi connectivity index (χ0n) is 11.8. The van der Waals surface area contributed by atoms with E-state index in [-0.39, 0.29) is 11.6 Å². The number of aliphatic hydroxyl groups is 1. The van der Waals surface area contributed by atoms with Crippen molar-refractivity contribution in [1.29, 1.82) is 0 Å². The first kappa shape index (κ1) is 13.6. The SMILES string of the molecule is CC(C)N1CCC(O)CC1(C)Cc1ccccc1. The summed E-state index contributed by atoms with van der Waals surface area (Å²) in [4.78, 5) is 2.55. The summed E-state index contributed by atoms with van der Waals surface area (Å²) >= 11 is 0. The second kappa shape index (κ2) is 5.41. The molecule has 100 valence electrons. The predicted octanol–water partition coefficient (Wildman–Crippen LogP) is 2.85.